The van der Waals surface area contributed by atoms with E-state index < -0.39 is 5.97 Å². The quantitative estimate of drug-likeness (QED) is 0.830. The molecule has 0 fully saturated rings. The molecule has 0 saturated heterocycles. The molecular formula is C16H13Cl2NO4. The number of hydrogen-bond donors (Lipinski definition) is 1. The smallest absolute Gasteiger partial charge is 0.337 e. The molecule has 2 rings (SSSR count). The summed E-state index contributed by atoms with van der Waals surface area (Å²) in [4.78, 5) is 23.1. The van der Waals surface area contributed by atoms with Gasteiger partial charge >= 0.3 is 5.97 Å². The zero-order valence-corrected chi connectivity index (χ0v) is 13.6. The number of benzene rings is 2. The first-order valence-electron chi connectivity index (χ1n) is 6.55. The van der Waals surface area contributed by atoms with Gasteiger partial charge in [0.2, 0.25) is 0 Å². The molecule has 0 unspecified atom stereocenters. The van der Waals surface area contributed by atoms with Gasteiger partial charge in [0, 0.05) is 5.02 Å². The van der Waals surface area contributed by atoms with E-state index in [1.807, 2.05) is 0 Å². The first kappa shape index (κ1) is 17.1. The largest absolute Gasteiger partial charge is 0.484 e. The average Bonchev–Trinajstić information content (AvgIpc) is 2.55. The Labute approximate surface area is 143 Å². The van der Waals surface area contributed by atoms with Gasteiger partial charge in [0.1, 0.15) is 5.75 Å². The zero-order chi connectivity index (χ0) is 16.8. The standard InChI is InChI=1S/C16H13Cl2NO4/c1-22-16(21)10-2-5-12(6-3-10)23-9-15(20)19-14-7-4-11(17)8-13(14)18/h2-8H,9H2,1H3,(H,19,20). The lowest BCUT2D eigenvalue weighted by Gasteiger charge is -2.09. The number of esters is 1. The number of halogens is 2. The molecule has 1 N–H and O–H groups in total. The van der Waals surface area contributed by atoms with Crippen molar-refractivity contribution < 1.29 is 19.1 Å². The van der Waals surface area contributed by atoms with Crippen LogP contribution in [0.4, 0.5) is 5.69 Å². The molecule has 0 aromatic heterocycles. The van der Waals surface area contributed by atoms with Crippen LogP contribution in [0, 0.1) is 0 Å². The Balaban J connectivity index is 1.90. The number of carbonyl (C=O) groups excluding carboxylic acids is 2. The molecule has 0 aliphatic carbocycles. The van der Waals surface area contributed by atoms with E-state index in [4.69, 9.17) is 27.9 Å². The van der Waals surface area contributed by atoms with Crippen molar-refractivity contribution in [1.82, 2.24) is 0 Å². The summed E-state index contributed by atoms with van der Waals surface area (Å²) < 4.78 is 9.93. The molecule has 0 aliphatic rings. The highest BCUT2D eigenvalue weighted by Gasteiger charge is 2.08. The summed E-state index contributed by atoms with van der Waals surface area (Å²) in [6.45, 7) is -0.198. The van der Waals surface area contributed by atoms with Crippen molar-refractivity contribution in [2.24, 2.45) is 0 Å². The van der Waals surface area contributed by atoms with Gasteiger partial charge in [-0.2, -0.15) is 0 Å². The van der Waals surface area contributed by atoms with Crippen molar-refractivity contribution in [3.8, 4) is 5.75 Å². The first-order valence-corrected chi connectivity index (χ1v) is 7.31. The summed E-state index contributed by atoms with van der Waals surface area (Å²) in [7, 11) is 1.30. The zero-order valence-electron chi connectivity index (χ0n) is 12.1. The van der Waals surface area contributed by atoms with Crippen molar-refractivity contribution in [2.45, 2.75) is 0 Å². The van der Waals surface area contributed by atoms with Crippen molar-refractivity contribution in [3.05, 3.63) is 58.1 Å². The molecule has 1 amide bonds. The number of nitrogens with one attached hydrogen (secondary N) is 1. The van der Waals surface area contributed by atoms with E-state index in [1.165, 1.54) is 13.2 Å². The maximum absolute atomic E-state index is 11.8. The Morgan fingerprint density at radius 1 is 1.09 bits per heavy atom. The topological polar surface area (TPSA) is 64.6 Å². The predicted molar refractivity (Wildman–Crippen MR) is 88.4 cm³/mol. The molecule has 23 heavy (non-hydrogen) atoms. The third-order valence-corrected chi connectivity index (χ3v) is 3.40. The number of amides is 1. The normalized spacial score (nSPS) is 10.0. The second-order valence-electron chi connectivity index (χ2n) is 4.48. The van der Waals surface area contributed by atoms with Crippen LogP contribution in [0.15, 0.2) is 42.5 Å². The van der Waals surface area contributed by atoms with Gasteiger partial charge in [-0.3, -0.25) is 4.79 Å². The lowest BCUT2D eigenvalue weighted by Crippen LogP contribution is -2.20. The van der Waals surface area contributed by atoms with E-state index in [2.05, 4.69) is 10.1 Å². The average molecular weight is 354 g/mol. The van der Waals surface area contributed by atoms with E-state index in [9.17, 15) is 9.59 Å². The number of hydrogen-bond acceptors (Lipinski definition) is 4. The minimum absolute atomic E-state index is 0.198. The summed E-state index contributed by atoms with van der Waals surface area (Å²) in [6, 6.07) is 11.0. The number of ether oxygens (including phenoxy) is 2. The fourth-order valence-corrected chi connectivity index (χ4v) is 2.19. The van der Waals surface area contributed by atoms with E-state index in [0.717, 1.165) is 0 Å². The second-order valence-corrected chi connectivity index (χ2v) is 5.32. The van der Waals surface area contributed by atoms with Crippen molar-refractivity contribution in [2.75, 3.05) is 19.0 Å². The van der Waals surface area contributed by atoms with E-state index >= 15 is 0 Å². The molecule has 0 bridgehead atoms. The number of anilines is 1. The van der Waals surface area contributed by atoms with Gasteiger partial charge < -0.3 is 14.8 Å². The molecule has 0 atom stereocenters. The van der Waals surface area contributed by atoms with Gasteiger partial charge in [0.05, 0.1) is 23.4 Å². The highest BCUT2D eigenvalue weighted by Crippen LogP contribution is 2.25. The lowest BCUT2D eigenvalue weighted by atomic mass is 10.2. The monoisotopic (exact) mass is 353 g/mol. The Kier molecular flexibility index (Phi) is 5.84. The molecule has 0 heterocycles. The highest BCUT2D eigenvalue weighted by atomic mass is 35.5. The van der Waals surface area contributed by atoms with Crippen molar-refractivity contribution >= 4 is 40.8 Å². The molecule has 7 heteroatoms. The van der Waals surface area contributed by atoms with E-state index in [0.29, 0.717) is 27.0 Å². The summed E-state index contributed by atoms with van der Waals surface area (Å²) in [5.74, 6) is -0.354. The summed E-state index contributed by atoms with van der Waals surface area (Å²) >= 11 is 11.8. The van der Waals surface area contributed by atoms with Crippen LogP contribution in [0.2, 0.25) is 10.0 Å². The summed E-state index contributed by atoms with van der Waals surface area (Å²) in [6.07, 6.45) is 0. The maximum atomic E-state index is 11.8. The Morgan fingerprint density at radius 2 is 1.78 bits per heavy atom. The molecular weight excluding hydrogens is 341 g/mol. The molecule has 0 spiro atoms. The fraction of sp³-hybridized carbons (Fsp3) is 0.125. The third-order valence-electron chi connectivity index (χ3n) is 2.85. The Morgan fingerprint density at radius 3 is 2.39 bits per heavy atom. The van der Waals surface area contributed by atoms with Gasteiger partial charge in [-0.05, 0) is 42.5 Å². The van der Waals surface area contributed by atoms with Gasteiger partial charge in [-0.25, -0.2) is 4.79 Å². The highest BCUT2D eigenvalue weighted by molar-refractivity contribution is 6.36. The van der Waals surface area contributed by atoms with Gasteiger partial charge in [0.25, 0.3) is 5.91 Å². The Bertz CT molecular complexity index is 717. The van der Waals surface area contributed by atoms with Crippen LogP contribution in [0.1, 0.15) is 10.4 Å². The maximum Gasteiger partial charge on any atom is 0.337 e. The predicted octanol–water partition coefficient (Wildman–Crippen LogP) is 3.80. The third kappa shape index (κ3) is 4.87. The SMILES string of the molecule is COC(=O)c1ccc(OCC(=O)Nc2ccc(Cl)cc2Cl)cc1. The van der Waals surface area contributed by atoms with Gasteiger partial charge in [-0.15, -0.1) is 0 Å². The molecule has 2 aromatic carbocycles. The number of rotatable bonds is 5. The summed E-state index contributed by atoms with van der Waals surface area (Å²) in [5.41, 5.74) is 0.850. The second kappa shape index (κ2) is 7.85. The summed E-state index contributed by atoms with van der Waals surface area (Å²) in [5, 5.41) is 3.44. The van der Waals surface area contributed by atoms with Crippen LogP contribution in [0.5, 0.6) is 5.75 Å². The van der Waals surface area contributed by atoms with Crippen LogP contribution in [0.25, 0.3) is 0 Å². The molecule has 0 aliphatic heterocycles. The van der Waals surface area contributed by atoms with Gasteiger partial charge in [0.15, 0.2) is 6.61 Å². The van der Waals surface area contributed by atoms with E-state index in [-0.39, 0.29) is 12.5 Å². The van der Waals surface area contributed by atoms with E-state index in [1.54, 1.807) is 36.4 Å². The molecule has 0 radical (unpaired) electrons. The van der Waals surface area contributed by atoms with Crippen LogP contribution in [-0.4, -0.2) is 25.6 Å². The molecule has 2 aromatic rings. The molecule has 5 nitrogen and oxygen atoms in total. The Hall–Kier alpha value is -2.24. The minimum atomic E-state index is -0.438. The first-order chi connectivity index (χ1) is 11.0. The van der Waals surface area contributed by atoms with Gasteiger partial charge in [-0.1, -0.05) is 23.2 Å². The number of carbonyl (C=O) groups is 2. The molecule has 0 saturated carbocycles. The van der Waals surface area contributed by atoms with Crippen LogP contribution >= 0.6 is 23.2 Å². The molecule has 120 valence electrons. The lowest BCUT2D eigenvalue weighted by molar-refractivity contribution is -0.118. The van der Waals surface area contributed by atoms with Crippen molar-refractivity contribution in [3.63, 3.8) is 0 Å². The van der Waals surface area contributed by atoms with Crippen molar-refractivity contribution in [1.29, 1.82) is 0 Å². The van der Waals surface area contributed by atoms with Crippen LogP contribution in [-0.2, 0) is 9.53 Å². The fourth-order valence-electron chi connectivity index (χ4n) is 1.73. The minimum Gasteiger partial charge on any atom is -0.484 e. The van der Waals surface area contributed by atoms with Crippen LogP contribution in [0.3, 0.4) is 0 Å². The van der Waals surface area contributed by atoms with Crippen LogP contribution < -0.4 is 10.1 Å². The number of methoxy groups -OCH3 is 1.